The van der Waals surface area contributed by atoms with Crippen LogP contribution in [0.1, 0.15) is 69.7 Å². The highest BCUT2D eigenvalue weighted by molar-refractivity contribution is 6.04. The first-order valence-corrected chi connectivity index (χ1v) is 10.9. The second-order valence-electron chi connectivity index (χ2n) is 9.61. The topological polar surface area (TPSA) is 75.6 Å². The lowest BCUT2D eigenvalue weighted by molar-refractivity contribution is -0.140. The van der Waals surface area contributed by atoms with Crippen molar-refractivity contribution in [3.63, 3.8) is 0 Å². The van der Waals surface area contributed by atoms with Crippen molar-refractivity contribution in [3.05, 3.63) is 42.0 Å². The van der Waals surface area contributed by atoms with Gasteiger partial charge in [0.2, 0.25) is 0 Å². The third-order valence-electron chi connectivity index (χ3n) is 5.73. The van der Waals surface area contributed by atoms with E-state index in [1.54, 1.807) is 6.07 Å². The van der Waals surface area contributed by atoms with Crippen molar-refractivity contribution < 1.29 is 19.4 Å². The van der Waals surface area contributed by atoms with E-state index in [9.17, 15) is 14.7 Å². The lowest BCUT2D eigenvalue weighted by Crippen LogP contribution is -2.43. The molecule has 0 aromatic heterocycles. The monoisotopic (exact) mass is 411 g/mol. The van der Waals surface area contributed by atoms with Crippen LogP contribution in [0.3, 0.4) is 0 Å². The van der Waals surface area contributed by atoms with Crippen LogP contribution in [0.2, 0.25) is 0 Å². The summed E-state index contributed by atoms with van der Waals surface area (Å²) in [6.45, 7) is 6.47. The van der Waals surface area contributed by atoms with Crippen molar-refractivity contribution >= 4 is 22.6 Å². The number of nitrogens with one attached hydrogen (secondary N) is 1. The molecular formula is C25H33NO4. The van der Waals surface area contributed by atoms with Crippen LogP contribution in [0.5, 0.6) is 5.75 Å². The van der Waals surface area contributed by atoms with E-state index in [4.69, 9.17) is 4.74 Å². The van der Waals surface area contributed by atoms with Crippen LogP contribution in [0.4, 0.5) is 0 Å². The van der Waals surface area contributed by atoms with E-state index in [1.807, 2.05) is 51.1 Å². The molecule has 1 amide bonds. The molecule has 2 N–H and O–H groups in total. The third kappa shape index (κ3) is 5.74. The quantitative estimate of drug-likeness (QED) is 0.638. The van der Waals surface area contributed by atoms with Gasteiger partial charge in [-0.3, -0.25) is 4.79 Å². The fourth-order valence-corrected chi connectivity index (χ4v) is 4.18. The highest BCUT2D eigenvalue weighted by Crippen LogP contribution is 2.32. The van der Waals surface area contributed by atoms with E-state index in [1.165, 1.54) is 19.3 Å². The normalized spacial score (nSPS) is 16.2. The van der Waals surface area contributed by atoms with Gasteiger partial charge in [-0.1, -0.05) is 70.4 Å². The van der Waals surface area contributed by atoms with E-state index < -0.39 is 17.9 Å². The first kappa shape index (κ1) is 22.1. The molecule has 0 aliphatic heterocycles. The van der Waals surface area contributed by atoms with E-state index in [-0.39, 0.29) is 5.41 Å². The molecule has 1 aliphatic carbocycles. The Hall–Kier alpha value is -2.56. The van der Waals surface area contributed by atoms with E-state index in [2.05, 4.69) is 5.32 Å². The molecular weight excluding hydrogens is 378 g/mol. The number of aliphatic carboxylic acids is 1. The van der Waals surface area contributed by atoms with Crippen LogP contribution in [-0.4, -0.2) is 29.6 Å². The number of fused-ring (bicyclic) bond motifs is 1. The Balaban J connectivity index is 1.87. The molecule has 2 aromatic carbocycles. The van der Waals surface area contributed by atoms with Gasteiger partial charge in [-0.05, 0) is 42.0 Å². The summed E-state index contributed by atoms with van der Waals surface area (Å²) in [6, 6.07) is 10.5. The molecule has 1 atom stereocenters. The third-order valence-corrected chi connectivity index (χ3v) is 5.73. The predicted molar refractivity (Wildman–Crippen MR) is 119 cm³/mol. The molecule has 162 valence electrons. The van der Waals surface area contributed by atoms with Crippen LogP contribution < -0.4 is 10.1 Å². The number of carbonyl (C=O) groups excluding carboxylic acids is 1. The second kappa shape index (κ2) is 9.50. The van der Waals surface area contributed by atoms with Crippen molar-refractivity contribution in [1.82, 2.24) is 5.32 Å². The molecule has 1 aliphatic rings. The summed E-state index contributed by atoms with van der Waals surface area (Å²) in [5, 5.41) is 14.2. The van der Waals surface area contributed by atoms with Crippen LogP contribution in [0.25, 0.3) is 10.8 Å². The molecule has 0 heterocycles. The zero-order chi connectivity index (χ0) is 21.7. The van der Waals surface area contributed by atoms with Crippen molar-refractivity contribution in [3.8, 4) is 5.75 Å². The van der Waals surface area contributed by atoms with Crippen LogP contribution in [-0.2, 0) is 4.79 Å². The number of benzene rings is 2. The molecule has 3 rings (SSSR count). The molecule has 0 bridgehead atoms. The number of hydrogen-bond acceptors (Lipinski definition) is 3. The summed E-state index contributed by atoms with van der Waals surface area (Å²) in [6.07, 6.45) is 6.38. The van der Waals surface area contributed by atoms with Crippen molar-refractivity contribution in [2.75, 3.05) is 6.61 Å². The van der Waals surface area contributed by atoms with E-state index >= 15 is 0 Å². The van der Waals surface area contributed by atoms with Gasteiger partial charge in [0.15, 0.2) is 0 Å². The zero-order valence-electron chi connectivity index (χ0n) is 18.2. The number of hydrogen-bond donors (Lipinski definition) is 2. The number of carboxylic acids is 1. The fraction of sp³-hybridized carbons (Fsp3) is 0.520. The number of carbonyl (C=O) groups is 2. The van der Waals surface area contributed by atoms with Gasteiger partial charge in [-0.25, -0.2) is 4.79 Å². The van der Waals surface area contributed by atoms with Crippen LogP contribution in [0.15, 0.2) is 36.4 Å². The van der Waals surface area contributed by atoms with Crippen molar-refractivity contribution in [1.29, 1.82) is 0 Å². The first-order chi connectivity index (χ1) is 14.2. The van der Waals surface area contributed by atoms with Crippen LogP contribution in [0, 0.1) is 11.3 Å². The van der Waals surface area contributed by atoms with Crippen LogP contribution >= 0.6 is 0 Å². The maximum Gasteiger partial charge on any atom is 0.326 e. The molecule has 5 nitrogen and oxygen atoms in total. The molecule has 5 heteroatoms. The number of rotatable bonds is 7. The van der Waals surface area contributed by atoms with Crippen molar-refractivity contribution in [2.24, 2.45) is 11.3 Å². The van der Waals surface area contributed by atoms with Gasteiger partial charge < -0.3 is 15.2 Å². The minimum Gasteiger partial charge on any atom is -0.492 e. The Labute approximate surface area is 178 Å². The Morgan fingerprint density at radius 3 is 2.47 bits per heavy atom. The smallest absolute Gasteiger partial charge is 0.326 e. The summed E-state index contributed by atoms with van der Waals surface area (Å²) in [4.78, 5) is 24.8. The molecule has 0 radical (unpaired) electrons. The Morgan fingerprint density at radius 1 is 1.10 bits per heavy atom. The van der Waals surface area contributed by atoms with E-state index in [0.29, 0.717) is 30.3 Å². The highest BCUT2D eigenvalue weighted by atomic mass is 16.5. The van der Waals surface area contributed by atoms with E-state index in [0.717, 1.165) is 23.6 Å². The Morgan fingerprint density at radius 2 is 1.80 bits per heavy atom. The van der Waals surface area contributed by atoms with Gasteiger partial charge in [0.05, 0.1) is 12.2 Å². The first-order valence-electron chi connectivity index (χ1n) is 10.9. The SMILES string of the molecule is CC(C)(C)C[C@H](NC(=O)c1ccc2ccccc2c1OCC1CCCCC1)C(=O)O. The highest BCUT2D eigenvalue weighted by Gasteiger charge is 2.28. The maximum absolute atomic E-state index is 13.1. The van der Waals surface area contributed by atoms with Gasteiger partial charge in [-0.15, -0.1) is 0 Å². The molecule has 1 saturated carbocycles. The fourth-order valence-electron chi connectivity index (χ4n) is 4.18. The molecule has 30 heavy (non-hydrogen) atoms. The summed E-state index contributed by atoms with van der Waals surface area (Å²) in [7, 11) is 0. The summed E-state index contributed by atoms with van der Waals surface area (Å²) < 4.78 is 6.25. The molecule has 0 spiro atoms. The van der Waals surface area contributed by atoms with Gasteiger partial charge in [0.1, 0.15) is 11.8 Å². The Bertz CT molecular complexity index is 894. The molecule has 0 unspecified atom stereocenters. The predicted octanol–water partition coefficient (Wildman–Crippen LogP) is 5.42. The lowest BCUT2D eigenvalue weighted by Gasteiger charge is -2.25. The van der Waals surface area contributed by atoms with Gasteiger partial charge in [0, 0.05) is 5.39 Å². The number of amides is 1. The second-order valence-corrected chi connectivity index (χ2v) is 9.61. The van der Waals surface area contributed by atoms with Gasteiger partial charge >= 0.3 is 5.97 Å². The van der Waals surface area contributed by atoms with Gasteiger partial charge in [0.25, 0.3) is 5.91 Å². The largest absolute Gasteiger partial charge is 0.492 e. The maximum atomic E-state index is 13.1. The summed E-state index contributed by atoms with van der Waals surface area (Å²) >= 11 is 0. The Kier molecular flexibility index (Phi) is 7.01. The average molecular weight is 412 g/mol. The number of carboxylic acid groups (broad SMARTS) is 1. The zero-order valence-corrected chi connectivity index (χ0v) is 18.2. The molecule has 2 aromatic rings. The average Bonchev–Trinajstić information content (AvgIpc) is 2.71. The minimum atomic E-state index is -1.02. The molecule has 0 saturated heterocycles. The van der Waals surface area contributed by atoms with Gasteiger partial charge in [-0.2, -0.15) is 0 Å². The summed E-state index contributed by atoms with van der Waals surface area (Å²) in [5.41, 5.74) is 0.171. The number of ether oxygens (including phenoxy) is 1. The summed E-state index contributed by atoms with van der Waals surface area (Å²) in [5.74, 6) is -0.378. The minimum absolute atomic E-state index is 0.222. The van der Waals surface area contributed by atoms with Crippen molar-refractivity contribution in [2.45, 2.75) is 65.3 Å². The molecule has 1 fully saturated rings. The lowest BCUT2D eigenvalue weighted by atomic mass is 9.88. The standard InChI is InChI=1S/C25H33NO4/c1-25(2,3)15-21(24(28)29)26-23(27)20-14-13-18-11-7-8-12-19(18)22(20)30-16-17-9-5-4-6-10-17/h7-8,11-14,17,21H,4-6,9-10,15-16H2,1-3H3,(H,26,27)(H,28,29)/t21-/m0/s1.